The topological polar surface area (TPSA) is 61.2 Å². The monoisotopic (exact) mass is 256 g/mol. The lowest BCUT2D eigenvalue weighted by Crippen LogP contribution is -2.39. The number of likely N-dealkylation sites (tertiary alicyclic amines) is 1. The highest BCUT2D eigenvalue weighted by molar-refractivity contribution is 5.99. The molecule has 1 atom stereocenters. The third-order valence-corrected chi connectivity index (χ3v) is 3.41. The first-order valence-electron chi connectivity index (χ1n) is 6.41. The zero-order chi connectivity index (χ0) is 13.8. The van der Waals surface area contributed by atoms with Crippen LogP contribution < -0.4 is 0 Å². The van der Waals surface area contributed by atoms with Crippen LogP contribution in [0.15, 0.2) is 24.3 Å². The van der Waals surface area contributed by atoms with E-state index in [1.807, 2.05) is 0 Å². The Balaban J connectivity index is 2.17. The zero-order valence-electron chi connectivity index (χ0n) is 10.9. The third-order valence-electron chi connectivity index (χ3n) is 3.41. The molecule has 2 rings (SSSR count). The molecule has 1 fully saturated rings. The molecule has 1 heterocycles. The number of nitrogens with zero attached hydrogens (tertiary/aromatic N) is 2. The maximum absolute atomic E-state index is 12.3. The van der Waals surface area contributed by atoms with Crippen LogP contribution in [-0.4, -0.2) is 29.7 Å². The van der Waals surface area contributed by atoms with Crippen molar-refractivity contribution in [3.63, 3.8) is 0 Å². The molecule has 1 amide bonds. The minimum Gasteiger partial charge on any atom is -0.337 e. The Hall–Kier alpha value is -2.15. The van der Waals surface area contributed by atoms with Gasteiger partial charge in [-0.1, -0.05) is 12.1 Å². The number of rotatable bonds is 2. The van der Waals surface area contributed by atoms with Gasteiger partial charge in [0, 0.05) is 24.2 Å². The molecule has 4 nitrogen and oxygen atoms in total. The minimum absolute atomic E-state index is 0.0526. The summed E-state index contributed by atoms with van der Waals surface area (Å²) in [5.74, 6) is -0.222. The lowest BCUT2D eigenvalue weighted by atomic mass is 9.98. The van der Waals surface area contributed by atoms with Crippen LogP contribution in [0.3, 0.4) is 0 Å². The van der Waals surface area contributed by atoms with E-state index in [4.69, 9.17) is 5.26 Å². The first-order chi connectivity index (χ1) is 9.11. The van der Waals surface area contributed by atoms with Gasteiger partial charge in [-0.25, -0.2) is 0 Å². The second-order valence-electron chi connectivity index (χ2n) is 4.86. The second kappa shape index (κ2) is 5.66. The number of carbonyl (C=O) groups is 2. The fourth-order valence-electron chi connectivity index (χ4n) is 2.32. The van der Waals surface area contributed by atoms with E-state index in [2.05, 4.69) is 6.07 Å². The van der Waals surface area contributed by atoms with Crippen LogP contribution in [0.25, 0.3) is 0 Å². The molecule has 0 saturated carbocycles. The number of Topliss-reactive ketones (excluding diaryl/α,β-unsaturated/α-hetero) is 1. The summed E-state index contributed by atoms with van der Waals surface area (Å²) in [5, 5.41) is 8.95. The molecule has 98 valence electrons. The number of hydrogen-bond acceptors (Lipinski definition) is 3. The highest BCUT2D eigenvalue weighted by Crippen LogP contribution is 2.18. The molecule has 0 aromatic heterocycles. The lowest BCUT2D eigenvalue weighted by Gasteiger charge is -2.29. The van der Waals surface area contributed by atoms with E-state index in [-0.39, 0.29) is 17.6 Å². The van der Waals surface area contributed by atoms with Crippen LogP contribution in [0.5, 0.6) is 0 Å². The van der Waals surface area contributed by atoms with Crippen molar-refractivity contribution in [1.82, 2.24) is 4.90 Å². The van der Waals surface area contributed by atoms with Gasteiger partial charge in [0.2, 0.25) is 0 Å². The first kappa shape index (κ1) is 13.3. The first-order valence-corrected chi connectivity index (χ1v) is 6.41. The Kier molecular flexibility index (Phi) is 3.96. The molecular formula is C15H16N2O2. The highest BCUT2D eigenvalue weighted by Gasteiger charge is 2.24. The maximum Gasteiger partial charge on any atom is 0.253 e. The van der Waals surface area contributed by atoms with E-state index in [1.165, 1.54) is 6.92 Å². The smallest absolute Gasteiger partial charge is 0.253 e. The van der Waals surface area contributed by atoms with Crippen LogP contribution in [0.4, 0.5) is 0 Å². The number of nitriles is 1. The van der Waals surface area contributed by atoms with Gasteiger partial charge in [0.05, 0.1) is 12.0 Å². The fourth-order valence-corrected chi connectivity index (χ4v) is 2.32. The van der Waals surface area contributed by atoms with Crippen LogP contribution >= 0.6 is 0 Å². The van der Waals surface area contributed by atoms with E-state index in [0.29, 0.717) is 24.2 Å². The summed E-state index contributed by atoms with van der Waals surface area (Å²) in [7, 11) is 0. The van der Waals surface area contributed by atoms with Crippen molar-refractivity contribution in [1.29, 1.82) is 5.26 Å². The van der Waals surface area contributed by atoms with Crippen molar-refractivity contribution in [2.24, 2.45) is 5.92 Å². The Morgan fingerprint density at radius 3 is 2.79 bits per heavy atom. The van der Waals surface area contributed by atoms with E-state index in [9.17, 15) is 9.59 Å². The summed E-state index contributed by atoms with van der Waals surface area (Å²) < 4.78 is 0. The van der Waals surface area contributed by atoms with Gasteiger partial charge >= 0.3 is 0 Å². The number of benzene rings is 1. The average molecular weight is 256 g/mol. The molecule has 1 aromatic carbocycles. The normalized spacial score (nSPS) is 18.7. The zero-order valence-corrected chi connectivity index (χ0v) is 10.9. The van der Waals surface area contributed by atoms with Gasteiger partial charge in [-0.2, -0.15) is 5.26 Å². The molecular weight excluding hydrogens is 240 g/mol. The summed E-state index contributed by atoms with van der Waals surface area (Å²) in [6.07, 6.45) is 1.71. The number of piperidine rings is 1. The molecule has 4 heteroatoms. The summed E-state index contributed by atoms with van der Waals surface area (Å²) in [6.45, 7) is 2.65. The maximum atomic E-state index is 12.3. The number of carbonyl (C=O) groups excluding carboxylic acids is 2. The van der Waals surface area contributed by atoms with Crippen molar-refractivity contribution in [3.05, 3.63) is 35.4 Å². The van der Waals surface area contributed by atoms with E-state index in [1.54, 1.807) is 29.2 Å². The lowest BCUT2D eigenvalue weighted by molar-refractivity contribution is 0.0699. The molecule has 1 saturated heterocycles. The minimum atomic E-state index is -0.0944. The van der Waals surface area contributed by atoms with Gasteiger partial charge in [0.15, 0.2) is 5.78 Å². The van der Waals surface area contributed by atoms with E-state index >= 15 is 0 Å². The predicted molar refractivity (Wildman–Crippen MR) is 70.7 cm³/mol. The summed E-state index contributed by atoms with van der Waals surface area (Å²) in [5.41, 5.74) is 1.06. The van der Waals surface area contributed by atoms with Gasteiger partial charge in [-0.05, 0) is 31.9 Å². The van der Waals surface area contributed by atoms with Gasteiger partial charge in [-0.15, -0.1) is 0 Å². The quantitative estimate of drug-likeness (QED) is 0.762. The molecule has 0 N–H and O–H groups in total. The van der Waals surface area contributed by atoms with Crippen LogP contribution in [0.1, 0.15) is 40.5 Å². The van der Waals surface area contributed by atoms with E-state index in [0.717, 1.165) is 12.8 Å². The number of amides is 1. The summed E-state index contributed by atoms with van der Waals surface area (Å²) >= 11 is 0. The van der Waals surface area contributed by atoms with Crippen molar-refractivity contribution in [2.75, 3.05) is 13.1 Å². The van der Waals surface area contributed by atoms with Crippen LogP contribution in [-0.2, 0) is 0 Å². The molecule has 1 aliphatic heterocycles. The Morgan fingerprint density at radius 2 is 2.11 bits per heavy atom. The van der Waals surface area contributed by atoms with Crippen LogP contribution in [0, 0.1) is 17.2 Å². The Morgan fingerprint density at radius 1 is 1.37 bits per heavy atom. The standard InChI is InChI=1S/C15H16N2O2/c1-11(18)13-5-2-6-14(8-13)15(19)17-7-3-4-12(9-16)10-17/h2,5-6,8,12H,3-4,7,10H2,1H3. The van der Waals surface area contributed by atoms with Gasteiger partial charge in [0.25, 0.3) is 5.91 Å². The van der Waals surface area contributed by atoms with Crippen molar-refractivity contribution in [3.8, 4) is 6.07 Å². The number of hydrogen-bond donors (Lipinski definition) is 0. The van der Waals surface area contributed by atoms with Gasteiger partial charge in [0.1, 0.15) is 0 Å². The highest BCUT2D eigenvalue weighted by atomic mass is 16.2. The second-order valence-corrected chi connectivity index (χ2v) is 4.86. The van der Waals surface area contributed by atoms with Gasteiger partial charge in [-0.3, -0.25) is 9.59 Å². The van der Waals surface area contributed by atoms with Crippen molar-refractivity contribution in [2.45, 2.75) is 19.8 Å². The molecule has 0 radical (unpaired) electrons. The summed E-state index contributed by atoms with van der Waals surface area (Å²) in [6, 6.07) is 8.98. The molecule has 0 aliphatic carbocycles. The largest absolute Gasteiger partial charge is 0.337 e. The predicted octanol–water partition coefficient (Wildman–Crippen LogP) is 2.26. The van der Waals surface area contributed by atoms with Crippen LogP contribution in [0.2, 0.25) is 0 Å². The fraction of sp³-hybridized carbons (Fsp3) is 0.400. The average Bonchev–Trinajstić information content (AvgIpc) is 2.46. The Bertz CT molecular complexity index is 545. The Labute approximate surface area is 112 Å². The molecule has 0 bridgehead atoms. The SMILES string of the molecule is CC(=O)c1cccc(C(=O)N2CCCC(C#N)C2)c1. The molecule has 1 unspecified atom stereocenters. The van der Waals surface area contributed by atoms with E-state index < -0.39 is 0 Å². The van der Waals surface area contributed by atoms with Crippen molar-refractivity contribution < 1.29 is 9.59 Å². The third kappa shape index (κ3) is 3.00. The number of ketones is 1. The summed E-state index contributed by atoms with van der Waals surface area (Å²) in [4.78, 5) is 25.4. The molecule has 1 aliphatic rings. The molecule has 19 heavy (non-hydrogen) atoms. The molecule has 1 aromatic rings. The van der Waals surface area contributed by atoms with Crippen molar-refractivity contribution >= 4 is 11.7 Å². The van der Waals surface area contributed by atoms with Gasteiger partial charge < -0.3 is 4.90 Å². The molecule has 0 spiro atoms.